The van der Waals surface area contributed by atoms with E-state index in [1.54, 1.807) is 18.5 Å². The fraction of sp³-hybridized carbons (Fsp3) is 0.0556. The van der Waals surface area contributed by atoms with Crippen LogP contribution in [0.4, 0.5) is 17.5 Å². The number of hydrogen-bond donors (Lipinski definition) is 2. The van der Waals surface area contributed by atoms with Crippen molar-refractivity contribution in [1.82, 2.24) is 15.0 Å². The zero-order valence-corrected chi connectivity index (χ0v) is 14.2. The molecular weight excluding hydrogens is 352 g/mol. The largest absolute Gasteiger partial charge is 0.350 e. The van der Waals surface area contributed by atoms with Gasteiger partial charge in [-0.25, -0.2) is 9.98 Å². The first-order chi connectivity index (χ1) is 12.7. The second-order valence-corrected chi connectivity index (χ2v) is 6.01. The Kier molecular flexibility index (Phi) is 4.28. The van der Waals surface area contributed by atoms with Gasteiger partial charge in [0.05, 0.1) is 11.6 Å². The first-order valence-electron chi connectivity index (χ1n) is 7.84. The molecule has 26 heavy (non-hydrogen) atoms. The Morgan fingerprint density at radius 3 is 2.92 bits per heavy atom. The van der Waals surface area contributed by atoms with E-state index < -0.39 is 0 Å². The van der Waals surface area contributed by atoms with Gasteiger partial charge in [-0.1, -0.05) is 17.7 Å². The quantitative estimate of drug-likeness (QED) is 0.717. The van der Waals surface area contributed by atoms with Crippen molar-refractivity contribution in [3.8, 4) is 0 Å². The van der Waals surface area contributed by atoms with Crippen LogP contribution in [-0.2, 0) is 11.3 Å². The molecule has 1 aromatic carbocycles. The van der Waals surface area contributed by atoms with Crippen molar-refractivity contribution >= 4 is 41.0 Å². The van der Waals surface area contributed by atoms with Crippen molar-refractivity contribution < 1.29 is 4.79 Å². The van der Waals surface area contributed by atoms with Crippen molar-refractivity contribution in [2.45, 2.75) is 6.54 Å². The second-order valence-electron chi connectivity index (χ2n) is 5.60. The number of nitrogens with zero attached hydrogens (tertiary/aromatic N) is 4. The van der Waals surface area contributed by atoms with E-state index in [4.69, 9.17) is 11.6 Å². The number of pyridine rings is 1. The van der Waals surface area contributed by atoms with Crippen LogP contribution in [-0.4, -0.2) is 20.9 Å². The lowest BCUT2D eigenvalue weighted by Crippen LogP contribution is -2.21. The number of anilines is 3. The Morgan fingerprint density at radius 2 is 2.08 bits per heavy atom. The number of hydrogen-bond acceptors (Lipinski definition) is 6. The maximum atomic E-state index is 11.4. The number of halogens is 1. The molecule has 0 unspecified atom stereocenters. The molecule has 0 bridgehead atoms. The number of benzene rings is 1. The minimum absolute atomic E-state index is 0.251. The van der Waals surface area contributed by atoms with Crippen molar-refractivity contribution in [3.05, 3.63) is 70.1 Å². The summed E-state index contributed by atoms with van der Waals surface area (Å²) in [6, 6.07) is 9.24. The summed E-state index contributed by atoms with van der Waals surface area (Å²) in [6.07, 6.45) is 6.51. The SMILES string of the molecule is O=C1C=c2cc(Nc3nc(NCc4cccnc4)ncc3Cl)ccc2=N1. The third kappa shape index (κ3) is 3.52. The molecule has 0 spiro atoms. The number of carbonyl (C=O) groups excluding carboxylic acids is 1. The summed E-state index contributed by atoms with van der Waals surface area (Å²) in [5, 5.41) is 8.10. The van der Waals surface area contributed by atoms with Crippen LogP contribution in [0, 0.1) is 0 Å². The molecule has 2 aromatic heterocycles. The lowest BCUT2D eigenvalue weighted by molar-refractivity contribution is -0.112. The Bertz CT molecular complexity index is 1100. The number of rotatable bonds is 5. The lowest BCUT2D eigenvalue weighted by atomic mass is 10.2. The van der Waals surface area contributed by atoms with E-state index in [1.165, 1.54) is 12.3 Å². The van der Waals surface area contributed by atoms with Gasteiger partial charge in [0.25, 0.3) is 5.91 Å². The van der Waals surface area contributed by atoms with E-state index in [1.807, 2.05) is 24.3 Å². The van der Waals surface area contributed by atoms with Crippen LogP contribution in [0.2, 0.25) is 5.02 Å². The minimum Gasteiger partial charge on any atom is -0.350 e. The molecule has 7 nitrogen and oxygen atoms in total. The van der Waals surface area contributed by atoms with Crippen molar-refractivity contribution in [1.29, 1.82) is 0 Å². The molecule has 0 fully saturated rings. The summed E-state index contributed by atoms with van der Waals surface area (Å²) in [5.41, 5.74) is 1.77. The summed E-state index contributed by atoms with van der Waals surface area (Å²) < 4.78 is 0. The van der Waals surface area contributed by atoms with Gasteiger partial charge >= 0.3 is 0 Å². The van der Waals surface area contributed by atoms with Crippen LogP contribution >= 0.6 is 11.6 Å². The maximum absolute atomic E-state index is 11.4. The fourth-order valence-electron chi connectivity index (χ4n) is 2.49. The Balaban J connectivity index is 1.54. The van der Waals surface area contributed by atoms with Gasteiger partial charge < -0.3 is 10.6 Å². The van der Waals surface area contributed by atoms with Crippen LogP contribution < -0.4 is 21.2 Å². The van der Waals surface area contributed by atoms with Gasteiger partial charge in [0.1, 0.15) is 5.02 Å². The summed E-state index contributed by atoms with van der Waals surface area (Å²) in [7, 11) is 0. The molecule has 3 heterocycles. The third-order valence-corrected chi connectivity index (χ3v) is 3.99. The smallest absolute Gasteiger partial charge is 0.270 e. The van der Waals surface area contributed by atoms with Crippen molar-refractivity contribution in [2.24, 2.45) is 4.99 Å². The molecule has 1 aliphatic heterocycles. The fourth-order valence-corrected chi connectivity index (χ4v) is 2.63. The predicted octanol–water partition coefficient (Wildman–Crippen LogP) is 1.82. The average molecular weight is 365 g/mol. The van der Waals surface area contributed by atoms with Gasteiger partial charge in [0.2, 0.25) is 5.95 Å². The lowest BCUT2D eigenvalue weighted by Gasteiger charge is -2.10. The third-order valence-electron chi connectivity index (χ3n) is 3.72. The molecule has 1 aliphatic rings. The molecule has 4 rings (SSSR count). The van der Waals surface area contributed by atoms with Crippen LogP contribution in [0.1, 0.15) is 5.56 Å². The molecule has 2 N–H and O–H groups in total. The highest BCUT2D eigenvalue weighted by Gasteiger charge is 2.08. The van der Waals surface area contributed by atoms with E-state index >= 15 is 0 Å². The maximum Gasteiger partial charge on any atom is 0.270 e. The number of aromatic nitrogens is 3. The van der Waals surface area contributed by atoms with Gasteiger partial charge in [0, 0.05) is 35.9 Å². The predicted molar refractivity (Wildman–Crippen MR) is 98.6 cm³/mol. The number of amides is 1. The van der Waals surface area contributed by atoms with E-state index in [-0.39, 0.29) is 5.91 Å². The number of fused-ring (bicyclic) bond motifs is 1. The molecule has 0 radical (unpaired) electrons. The molecule has 3 aromatic rings. The molecule has 1 amide bonds. The molecule has 128 valence electrons. The Labute approximate surface area is 153 Å². The monoisotopic (exact) mass is 364 g/mol. The molecule has 0 aliphatic carbocycles. The Hall–Kier alpha value is -3.32. The highest BCUT2D eigenvalue weighted by molar-refractivity contribution is 6.32. The summed E-state index contributed by atoms with van der Waals surface area (Å²) in [6.45, 7) is 0.548. The zero-order chi connectivity index (χ0) is 17.9. The first kappa shape index (κ1) is 16.2. The normalized spacial score (nSPS) is 12.1. The number of nitrogens with one attached hydrogen (secondary N) is 2. The first-order valence-corrected chi connectivity index (χ1v) is 8.22. The van der Waals surface area contributed by atoms with Gasteiger partial charge in [0.15, 0.2) is 5.82 Å². The summed E-state index contributed by atoms with van der Waals surface area (Å²) >= 11 is 6.20. The van der Waals surface area contributed by atoms with E-state index in [9.17, 15) is 4.79 Å². The van der Waals surface area contributed by atoms with Crippen LogP contribution in [0.15, 0.2) is 53.9 Å². The topological polar surface area (TPSA) is 92.2 Å². The molecular formula is C18H13ClN6O. The zero-order valence-electron chi connectivity index (χ0n) is 13.5. The van der Waals surface area contributed by atoms with Gasteiger partial charge in [-0.05, 0) is 29.8 Å². The van der Waals surface area contributed by atoms with Gasteiger partial charge in [-0.2, -0.15) is 4.98 Å². The summed E-state index contributed by atoms with van der Waals surface area (Å²) in [4.78, 5) is 27.9. The highest BCUT2D eigenvalue weighted by Crippen LogP contribution is 2.23. The average Bonchev–Trinajstić information content (AvgIpc) is 3.02. The van der Waals surface area contributed by atoms with E-state index in [0.717, 1.165) is 16.5 Å². The van der Waals surface area contributed by atoms with Crippen LogP contribution in [0.5, 0.6) is 0 Å². The molecule has 0 saturated heterocycles. The second kappa shape index (κ2) is 6.89. The van der Waals surface area contributed by atoms with Gasteiger partial charge in [-0.3, -0.25) is 9.78 Å². The molecule has 0 saturated carbocycles. The summed E-state index contributed by atoms with van der Waals surface area (Å²) in [5.74, 6) is 0.661. The Morgan fingerprint density at radius 1 is 1.15 bits per heavy atom. The van der Waals surface area contributed by atoms with E-state index in [2.05, 4.69) is 30.6 Å². The van der Waals surface area contributed by atoms with Crippen molar-refractivity contribution in [3.63, 3.8) is 0 Å². The van der Waals surface area contributed by atoms with E-state index in [0.29, 0.717) is 28.7 Å². The minimum atomic E-state index is -0.251. The standard InChI is InChI=1S/C18H13ClN6O/c19-14-10-22-18(21-9-11-2-1-5-20-8-11)25-17(14)23-13-3-4-15-12(6-13)7-16(26)24-15/h1-8,10H,9H2,(H2,21,22,23,25). The molecule has 8 heteroatoms. The van der Waals surface area contributed by atoms with Crippen molar-refractivity contribution in [2.75, 3.05) is 10.6 Å². The van der Waals surface area contributed by atoms with Crippen LogP contribution in [0.25, 0.3) is 6.08 Å². The molecule has 0 atom stereocenters. The highest BCUT2D eigenvalue weighted by atomic mass is 35.5. The number of carbonyl (C=O) groups is 1. The van der Waals surface area contributed by atoms with Crippen LogP contribution in [0.3, 0.4) is 0 Å². The van der Waals surface area contributed by atoms with Gasteiger partial charge in [-0.15, -0.1) is 0 Å².